The largest absolute Gasteiger partial charge is 0.0999 e. The molecule has 0 heterocycles. The second-order valence-corrected chi connectivity index (χ2v) is 4.92. The van der Waals surface area contributed by atoms with Crippen molar-refractivity contribution in [1.82, 2.24) is 0 Å². The van der Waals surface area contributed by atoms with Gasteiger partial charge in [0.05, 0.1) is 0 Å². The van der Waals surface area contributed by atoms with Crippen LogP contribution in [0.3, 0.4) is 0 Å². The molecule has 1 unspecified atom stereocenters. The zero-order chi connectivity index (χ0) is 12.2. The molecule has 0 aromatic heterocycles. The molecule has 0 spiro atoms. The fourth-order valence-electron chi connectivity index (χ4n) is 2.13. The van der Waals surface area contributed by atoms with Crippen LogP contribution in [-0.4, -0.2) is 0 Å². The van der Waals surface area contributed by atoms with E-state index in [1.54, 1.807) is 0 Å². The predicted molar refractivity (Wildman–Crippen MR) is 75.7 cm³/mol. The smallest absolute Gasteiger partial charge is 0.0294 e. The average molecular weight is 222 g/mol. The maximum absolute atomic E-state index is 4.05. The van der Waals surface area contributed by atoms with Crippen LogP contribution in [0.5, 0.6) is 0 Å². The van der Waals surface area contributed by atoms with Crippen LogP contribution in [0.4, 0.5) is 0 Å². The van der Waals surface area contributed by atoms with Gasteiger partial charge in [-0.3, -0.25) is 0 Å². The summed E-state index contributed by atoms with van der Waals surface area (Å²) >= 11 is 0. The van der Waals surface area contributed by atoms with Gasteiger partial charge in [-0.1, -0.05) is 57.4 Å². The topological polar surface area (TPSA) is 0 Å². The third-order valence-corrected chi connectivity index (χ3v) is 2.95. The van der Waals surface area contributed by atoms with Crippen LogP contribution >= 0.6 is 0 Å². The SMILES string of the molecule is C=C1CCC(CCCCC=CC)C1.CCC. The summed E-state index contributed by atoms with van der Waals surface area (Å²) in [5.74, 6) is 0.970. The van der Waals surface area contributed by atoms with E-state index in [1.807, 2.05) is 0 Å². The molecule has 0 heteroatoms. The number of rotatable bonds is 5. The van der Waals surface area contributed by atoms with Crippen molar-refractivity contribution in [1.29, 1.82) is 0 Å². The first-order chi connectivity index (χ1) is 7.74. The highest BCUT2D eigenvalue weighted by Crippen LogP contribution is 2.32. The van der Waals surface area contributed by atoms with Crippen LogP contribution in [0.15, 0.2) is 24.3 Å². The first kappa shape index (κ1) is 15.5. The van der Waals surface area contributed by atoms with Crippen LogP contribution in [0.25, 0.3) is 0 Å². The molecule has 0 amide bonds. The normalized spacial score (nSPS) is 19.9. The van der Waals surface area contributed by atoms with Crippen molar-refractivity contribution >= 4 is 0 Å². The minimum atomic E-state index is 0.970. The fourth-order valence-corrected chi connectivity index (χ4v) is 2.13. The molecule has 1 saturated carbocycles. The van der Waals surface area contributed by atoms with Gasteiger partial charge in [0.2, 0.25) is 0 Å². The van der Waals surface area contributed by atoms with Crippen LogP contribution in [0.2, 0.25) is 0 Å². The van der Waals surface area contributed by atoms with E-state index in [4.69, 9.17) is 0 Å². The lowest BCUT2D eigenvalue weighted by molar-refractivity contribution is 0.480. The Labute approximate surface area is 103 Å². The number of hydrogen-bond donors (Lipinski definition) is 0. The van der Waals surface area contributed by atoms with Crippen molar-refractivity contribution in [2.45, 2.75) is 72.1 Å². The summed E-state index contributed by atoms with van der Waals surface area (Å²) in [6.45, 7) is 10.4. The van der Waals surface area contributed by atoms with E-state index in [0.29, 0.717) is 0 Å². The van der Waals surface area contributed by atoms with Crippen LogP contribution < -0.4 is 0 Å². The minimum Gasteiger partial charge on any atom is -0.0999 e. The molecule has 0 aromatic carbocycles. The van der Waals surface area contributed by atoms with Gasteiger partial charge in [0.25, 0.3) is 0 Å². The zero-order valence-corrected chi connectivity index (χ0v) is 11.6. The molecular formula is C16H30. The van der Waals surface area contributed by atoms with Gasteiger partial charge in [0.1, 0.15) is 0 Å². The van der Waals surface area contributed by atoms with E-state index in [-0.39, 0.29) is 0 Å². The summed E-state index contributed by atoms with van der Waals surface area (Å²) in [7, 11) is 0. The van der Waals surface area contributed by atoms with Crippen LogP contribution in [-0.2, 0) is 0 Å². The Morgan fingerprint density at radius 2 is 2.00 bits per heavy atom. The first-order valence-corrected chi connectivity index (χ1v) is 7.02. The summed E-state index contributed by atoms with van der Waals surface area (Å²) in [6.07, 6.45) is 15.1. The number of hydrogen-bond acceptors (Lipinski definition) is 0. The van der Waals surface area contributed by atoms with Crippen molar-refractivity contribution in [3.8, 4) is 0 Å². The van der Waals surface area contributed by atoms with Gasteiger partial charge >= 0.3 is 0 Å². The number of unbranched alkanes of at least 4 members (excludes halogenated alkanes) is 2. The van der Waals surface area contributed by atoms with Gasteiger partial charge in [-0.2, -0.15) is 0 Å². The van der Waals surface area contributed by atoms with Crippen molar-refractivity contribution in [3.63, 3.8) is 0 Å². The molecule has 0 aromatic rings. The Balaban J connectivity index is 0.000000673. The molecule has 94 valence electrons. The maximum Gasteiger partial charge on any atom is -0.0294 e. The Hall–Kier alpha value is -0.520. The van der Waals surface area contributed by atoms with Crippen LogP contribution in [0.1, 0.15) is 72.1 Å². The molecule has 1 rings (SSSR count). The Bertz CT molecular complexity index is 188. The van der Waals surface area contributed by atoms with Crippen molar-refractivity contribution in [3.05, 3.63) is 24.3 Å². The van der Waals surface area contributed by atoms with E-state index in [0.717, 1.165) is 5.92 Å². The van der Waals surface area contributed by atoms with Crippen molar-refractivity contribution in [2.75, 3.05) is 0 Å². The standard InChI is InChI=1S/C13H22.C3H8/c1-3-4-5-6-7-8-13-10-9-12(2)11-13;1-3-2/h3-4,13H,2,5-11H2,1H3;3H2,1-2H3. The molecule has 0 aliphatic heterocycles. The number of allylic oxidation sites excluding steroid dienone is 3. The molecule has 1 atom stereocenters. The first-order valence-electron chi connectivity index (χ1n) is 7.02. The van der Waals surface area contributed by atoms with Gasteiger partial charge in [-0.05, 0) is 44.9 Å². The summed E-state index contributed by atoms with van der Waals surface area (Å²) < 4.78 is 0. The van der Waals surface area contributed by atoms with Crippen LogP contribution in [0, 0.1) is 5.92 Å². The van der Waals surface area contributed by atoms with Gasteiger partial charge in [0, 0.05) is 0 Å². The lowest BCUT2D eigenvalue weighted by atomic mass is 9.99. The van der Waals surface area contributed by atoms with Crippen molar-refractivity contribution < 1.29 is 0 Å². The summed E-state index contributed by atoms with van der Waals surface area (Å²) in [5.41, 5.74) is 1.48. The van der Waals surface area contributed by atoms with Gasteiger partial charge in [-0.25, -0.2) is 0 Å². The molecule has 1 aliphatic rings. The zero-order valence-electron chi connectivity index (χ0n) is 11.6. The summed E-state index contributed by atoms with van der Waals surface area (Å²) in [5, 5.41) is 0. The molecule has 0 N–H and O–H groups in total. The molecule has 0 bridgehead atoms. The summed E-state index contributed by atoms with van der Waals surface area (Å²) in [6, 6.07) is 0. The molecule has 16 heavy (non-hydrogen) atoms. The lowest BCUT2D eigenvalue weighted by Crippen LogP contribution is -1.92. The highest BCUT2D eigenvalue weighted by atomic mass is 14.2. The third kappa shape index (κ3) is 8.76. The summed E-state index contributed by atoms with van der Waals surface area (Å²) in [4.78, 5) is 0. The molecular weight excluding hydrogens is 192 g/mol. The molecule has 0 radical (unpaired) electrons. The van der Waals surface area contributed by atoms with E-state index in [1.165, 1.54) is 56.9 Å². The highest BCUT2D eigenvalue weighted by Gasteiger charge is 2.16. The monoisotopic (exact) mass is 222 g/mol. The van der Waals surface area contributed by atoms with Gasteiger partial charge in [-0.15, -0.1) is 0 Å². The van der Waals surface area contributed by atoms with E-state index in [2.05, 4.69) is 39.5 Å². The van der Waals surface area contributed by atoms with Gasteiger partial charge in [0.15, 0.2) is 0 Å². The van der Waals surface area contributed by atoms with Gasteiger partial charge < -0.3 is 0 Å². The lowest BCUT2D eigenvalue weighted by Gasteiger charge is -2.06. The average Bonchev–Trinajstić information content (AvgIpc) is 2.65. The Morgan fingerprint density at radius 3 is 2.50 bits per heavy atom. The molecule has 0 nitrogen and oxygen atoms in total. The highest BCUT2D eigenvalue weighted by molar-refractivity contribution is 5.01. The Kier molecular flexibility index (Phi) is 10.6. The second-order valence-electron chi connectivity index (χ2n) is 4.92. The van der Waals surface area contributed by atoms with E-state index < -0.39 is 0 Å². The fraction of sp³-hybridized carbons (Fsp3) is 0.750. The van der Waals surface area contributed by atoms with E-state index >= 15 is 0 Å². The molecule has 1 fully saturated rings. The quantitative estimate of drug-likeness (QED) is 0.401. The molecule has 0 saturated heterocycles. The predicted octanol–water partition coefficient (Wildman–Crippen LogP) is 5.90. The molecule has 1 aliphatic carbocycles. The second kappa shape index (κ2) is 11.0. The third-order valence-electron chi connectivity index (χ3n) is 2.95. The van der Waals surface area contributed by atoms with E-state index in [9.17, 15) is 0 Å². The van der Waals surface area contributed by atoms with Crippen molar-refractivity contribution in [2.24, 2.45) is 5.92 Å². The minimum absolute atomic E-state index is 0.970. The maximum atomic E-state index is 4.05. The Morgan fingerprint density at radius 1 is 1.31 bits per heavy atom.